The lowest BCUT2D eigenvalue weighted by Crippen LogP contribution is -2.36. The van der Waals surface area contributed by atoms with Gasteiger partial charge in [0.1, 0.15) is 0 Å². The van der Waals surface area contributed by atoms with Gasteiger partial charge in [0.15, 0.2) is 0 Å². The Bertz CT molecular complexity index is 305. The molecule has 1 amide bonds. The van der Waals surface area contributed by atoms with Crippen molar-refractivity contribution in [3.05, 3.63) is 0 Å². The minimum atomic E-state index is -0.840. The van der Waals surface area contributed by atoms with E-state index in [1.54, 1.807) is 0 Å². The SMILES string of the molecule is CC1C[C@H](C(=O)NCCCN(C)C)[C@H](C(=O)O)C1. The molecule has 1 aliphatic carbocycles. The van der Waals surface area contributed by atoms with Crippen molar-refractivity contribution in [2.24, 2.45) is 17.8 Å². The lowest BCUT2D eigenvalue weighted by Gasteiger charge is -2.16. The average molecular weight is 256 g/mol. The lowest BCUT2D eigenvalue weighted by atomic mass is 9.95. The second kappa shape index (κ2) is 6.73. The summed E-state index contributed by atoms with van der Waals surface area (Å²) in [7, 11) is 3.97. The number of carbonyl (C=O) groups excluding carboxylic acids is 1. The molecule has 0 aromatic carbocycles. The van der Waals surface area contributed by atoms with Crippen molar-refractivity contribution in [3.8, 4) is 0 Å². The molecule has 3 atom stereocenters. The molecule has 104 valence electrons. The van der Waals surface area contributed by atoms with Crippen LogP contribution < -0.4 is 5.32 Å². The van der Waals surface area contributed by atoms with Gasteiger partial charge in [0.25, 0.3) is 0 Å². The van der Waals surface area contributed by atoms with Gasteiger partial charge in [-0.15, -0.1) is 0 Å². The second-order valence-electron chi connectivity index (χ2n) is 5.58. The molecule has 1 unspecified atom stereocenters. The maximum atomic E-state index is 12.0. The smallest absolute Gasteiger partial charge is 0.307 e. The van der Waals surface area contributed by atoms with E-state index >= 15 is 0 Å². The van der Waals surface area contributed by atoms with E-state index in [0.29, 0.717) is 25.3 Å². The monoisotopic (exact) mass is 256 g/mol. The van der Waals surface area contributed by atoms with Gasteiger partial charge in [-0.1, -0.05) is 6.92 Å². The summed E-state index contributed by atoms with van der Waals surface area (Å²) in [4.78, 5) is 25.1. The Morgan fingerprint density at radius 2 is 1.89 bits per heavy atom. The van der Waals surface area contributed by atoms with Crippen LogP contribution in [-0.4, -0.2) is 49.1 Å². The molecule has 0 aliphatic heterocycles. The largest absolute Gasteiger partial charge is 0.481 e. The molecular formula is C13H24N2O3. The summed E-state index contributed by atoms with van der Waals surface area (Å²) in [5.41, 5.74) is 0. The molecule has 18 heavy (non-hydrogen) atoms. The van der Waals surface area contributed by atoms with Gasteiger partial charge in [-0.2, -0.15) is 0 Å². The highest BCUT2D eigenvalue weighted by molar-refractivity contribution is 5.85. The Morgan fingerprint density at radius 3 is 2.44 bits per heavy atom. The first-order valence-electron chi connectivity index (χ1n) is 6.57. The third-order valence-electron chi connectivity index (χ3n) is 3.53. The van der Waals surface area contributed by atoms with Crippen LogP contribution in [-0.2, 0) is 9.59 Å². The first kappa shape index (κ1) is 15.0. The van der Waals surface area contributed by atoms with Crippen LogP contribution in [0.5, 0.6) is 0 Å². The van der Waals surface area contributed by atoms with Gasteiger partial charge in [0, 0.05) is 6.54 Å². The molecule has 5 heteroatoms. The Balaban J connectivity index is 2.38. The first-order valence-corrected chi connectivity index (χ1v) is 6.57. The van der Waals surface area contributed by atoms with Crippen molar-refractivity contribution in [2.75, 3.05) is 27.2 Å². The van der Waals surface area contributed by atoms with Crippen LogP contribution in [0.1, 0.15) is 26.2 Å². The van der Waals surface area contributed by atoms with Crippen molar-refractivity contribution in [1.82, 2.24) is 10.2 Å². The maximum absolute atomic E-state index is 12.0. The Hall–Kier alpha value is -1.10. The molecule has 1 fully saturated rings. The molecule has 0 heterocycles. The summed E-state index contributed by atoms with van der Waals surface area (Å²) >= 11 is 0. The van der Waals surface area contributed by atoms with E-state index in [1.165, 1.54) is 0 Å². The van der Waals surface area contributed by atoms with Crippen LogP contribution in [0.4, 0.5) is 0 Å². The summed E-state index contributed by atoms with van der Waals surface area (Å²) < 4.78 is 0. The van der Waals surface area contributed by atoms with Crippen molar-refractivity contribution in [2.45, 2.75) is 26.2 Å². The molecule has 0 bridgehead atoms. The van der Waals surface area contributed by atoms with Crippen molar-refractivity contribution in [3.63, 3.8) is 0 Å². The number of nitrogens with zero attached hydrogens (tertiary/aromatic N) is 1. The lowest BCUT2D eigenvalue weighted by molar-refractivity contribution is -0.146. The molecule has 0 saturated heterocycles. The van der Waals surface area contributed by atoms with Crippen LogP contribution >= 0.6 is 0 Å². The number of carboxylic acids is 1. The number of amides is 1. The number of rotatable bonds is 6. The summed E-state index contributed by atoms with van der Waals surface area (Å²) in [6, 6.07) is 0. The van der Waals surface area contributed by atoms with E-state index in [4.69, 9.17) is 5.11 Å². The van der Waals surface area contributed by atoms with Crippen LogP contribution in [0, 0.1) is 17.8 Å². The zero-order chi connectivity index (χ0) is 13.7. The van der Waals surface area contributed by atoms with Crippen molar-refractivity contribution < 1.29 is 14.7 Å². The molecule has 0 aromatic rings. The van der Waals surface area contributed by atoms with Gasteiger partial charge in [-0.3, -0.25) is 9.59 Å². The molecule has 0 aromatic heterocycles. The van der Waals surface area contributed by atoms with E-state index in [0.717, 1.165) is 13.0 Å². The summed E-state index contributed by atoms with van der Waals surface area (Å²) in [6.45, 7) is 3.55. The maximum Gasteiger partial charge on any atom is 0.307 e. The Kier molecular flexibility index (Phi) is 5.59. The Morgan fingerprint density at radius 1 is 1.28 bits per heavy atom. The summed E-state index contributed by atoms with van der Waals surface area (Å²) in [6.07, 6.45) is 2.19. The van der Waals surface area contributed by atoms with Crippen LogP contribution in [0.2, 0.25) is 0 Å². The molecule has 2 N–H and O–H groups in total. The standard InChI is InChI=1S/C13H24N2O3/c1-9-7-10(11(8-9)13(17)18)12(16)14-5-4-6-15(2)3/h9-11H,4-8H2,1-3H3,(H,14,16)(H,17,18)/t9?,10-,11+/m0/s1. The fourth-order valence-electron chi connectivity index (χ4n) is 2.59. The first-order chi connectivity index (χ1) is 8.41. The summed E-state index contributed by atoms with van der Waals surface area (Å²) in [5.74, 6) is -1.47. The highest BCUT2D eigenvalue weighted by atomic mass is 16.4. The number of hydrogen-bond acceptors (Lipinski definition) is 3. The average Bonchev–Trinajstić information content (AvgIpc) is 2.66. The predicted octanol–water partition coefficient (Wildman–Crippen LogP) is 0.801. The molecular weight excluding hydrogens is 232 g/mol. The van der Waals surface area contributed by atoms with Crippen LogP contribution in [0.15, 0.2) is 0 Å². The van der Waals surface area contributed by atoms with Gasteiger partial charge < -0.3 is 15.3 Å². The molecule has 1 aliphatic rings. The minimum absolute atomic E-state index is 0.0921. The number of carbonyl (C=O) groups is 2. The van der Waals surface area contributed by atoms with E-state index in [2.05, 4.69) is 10.2 Å². The van der Waals surface area contributed by atoms with Crippen molar-refractivity contribution >= 4 is 11.9 Å². The minimum Gasteiger partial charge on any atom is -0.481 e. The third kappa shape index (κ3) is 4.29. The highest BCUT2D eigenvalue weighted by Crippen LogP contribution is 2.36. The van der Waals surface area contributed by atoms with Gasteiger partial charge in [0.05, 0.1) is 11.8 Å². The second-order valence-corrected chi connectivity index (χ2v) is 5.58. The van der Waals surface area contributed by atoms with E-state index in [1.807, 2.05) is 21.0 Å². The molecule has 0 spiro atoms. The van der Waals surface area contributed by atoms with Gasteiger partial charge in [0.2, 0.25) is 5.91 Å². The van der Waals surface area contributed by atoms with E-state index in [9.17, 15) is 9.59 Å². The zero-order valence-electron chi connectivity index (χ0n) is 11.5. The van der Waals surface area contributed by atoms with Gasteiger partial charge in [-0.05, 0) is 45.8 Å². The summed E-state index contributed by atoms with van der Waals surface area (Å²) in [5, 5.41) is 12.0. The number of carboxylic acid groups (broad SMARTS) is 1. The fraction of sp³-hybridized carbons (Fsp3) is 0.846. The van der Waals surface area contributed by atoms with E-state index < -0.39 is 11.9 Å². The molecule has 0 radical (unpaired) electrons. The van der Waals surface area contributed by atoms with Crippen LogP contribution in [0.3, 0.4) is 0 Å². The number of aliphatic carboxylic acids is 1. The third-order valence-corrected chi connectivity index (χ3v) is 3.53. The molecule has 5 nitrogen and oxygen atoms in total. The molecule has 1 saturated carbocycles. The normalized spacial score (nSPS) is 27.4. The number of nitrogens with one attached hydrogen (secondary N) is 1. The number of hydrogen-bond donors (Lipinski definition) is 2. The van der Waals surface area contributed by atoms with Gasteiger partial charge in [-0.25, -0.2) is 0 Å². The fourth-order valence-corrected chi connectivity index (χ4v) is 2.59. The van der Waals surface area contributed by atoms with Crippen molar-refractivity contribution in [1.29, 1.82) is 0 Å². The zero-order valence-corrected chi connectivity index (χ0v) is 11.5. The van der Waals surface area contributed by atoms with Crippen LogP contribution in [0.25, 0.3) is 0 Å². The Labute approximate surface area is 109 Å². The topological polar surface area (TPSA) is 69.6 Å². The van der Waals surface area contributed by atoms with Gasteiger partial charge >= 0.3 is 5.97 Å². The predicted molar refractivity (Wildman–Crippen MR) is 69.2 cm³/mol. The quantitative estimate of drug-likeness (QED) is 0.690. The highest BCUT2D eigenvalue weighted by Gasteiger charge is 2.40. The molecule has 1 rings (SSSR count). The van der Waals surface area contributed by atoms with E-state index in [-0.39, 0.29) is 11.8 Å².